The number of hydrogen-bond donors (Lipinski definition) is 2. The zero-order chi connectivity index (χ0) is 10.0. The number of anilines is 1. The number of rotatable bonds is 2. The fourth-order valence-corrected chi connectivity index (χ4v) is 1.37. The maximum absolute atomic E-state index is 10.9. The Hall–Kier alpha value is -0.980. The molecule has 0 aliphatic carbocycles. The minimum absolute atomic E-state index is 0.306. The number of methoxy groups -OCH3 is 1. The summed E-state index contributed by atoms with van der Waals surface area (Å²) in [5.41, 5.74) is 11.6. The number of halogens is 1. The van der Waals surface area contributed by atoms with E-state index in [1.807, 2.05) is 0 Å². The van der Waals surface area contributed by atoms with Gasteiger partial charge in [-0.1, -0.05) is 0 Å². The third-order valence-electron chi connectivity index (χ3n) is 1.58. The summed E-state index contributed by atoms with van der Waals surface area (Å²) >= 11 is 2.06. The standard InChI is InChI=1S/C8H9IN2O2/c1-13-7-3-5(9)6(10)2-4(7)8(11)12/h2-3H,10H2,1H3,(H2,11,12). The van der Waals surface area contributed by atoms with E-state index in [4.69, 9.17) is 16.2 Å². The predicted octanol–water partition coefficient (Wildman–Crippen LogP) is 0.981. The summed E-state index contributed by atoms with van der Waals surface area (Å²) in [7, 11) is 1.48. The van der Waals surface area contributed by atoms with E-state index < -0.39 is 5.91 Å². The Kier molecular flexibility index (Phi) is 2.97. The fourth-order valence-electron chi connectivity index (χ4n) is 0.933. The van der Waals surface area contributed by atoms with Crippen molar-refractivity contribution in [2.24, 2.45) is 5.73 Å². The van der Waals surface area contributed by atoms with Crippen molar-refractivity contribution in [3.63, 3.8) is 0 Å². The van der Waals surface area contributed by atoms with Gasteiger partial charge in [0, 0.05) is 9.26 Å². The van der Waals surface area contributed by atoms with Gasteiger partial charge in [0.05, 0.1) is 12.7 Å². The van der Waals surface area contributed by atoms with Gasteiger partial charge in [-0.05, 0) is 34.7 Å². The number of nitrogens with two attached hydrogens (primary N) is 2. The van der Waals surface area contributed by atoms with Crippen molar-refractivity contribution in [2.45, 2.75) is 0 Å². The second-order valence-electron chi connectivity index (χ2n) is 2.44. The fraction of sp³-hybridized carbons (Fsp3) is 0.125. The molecule has 70 valence electrons. The number of carbonyl (C=O) groups excluding carboxylic acids is 1. The smallest absolute Gasteiger partial charge is 0.252 e. The van der Waals surface area contributed by atoms with Crippen molar-refractivity contribution in [3.05, 3.63) is 21.3 Å². The average Bonchev–Trinajstić information content (AvgIpc) is 2.08. The second-order valence-corrected chi connectivity index (χ2v) is 3.60. The summed E-state index contributed by atoms with van der Waals surface area (Å²) in [5.74, 6) is -0.0916. The van der Waals surface area contributed by atoms with E-state index in [0.29, 0.717) is 17.0 Å². The minimum Gasteiger partial charge on any atom is -0.496 e. The topological polar surface area (TPSA) is 78.3 Å². The molecule has 0 fully saturated rings. The first kappa shape index (κ1) is 10.1. The molecule has 0 bridgehead atoms. The van der Waals surface area contributed by atoms with Crippen LogP contribution >= 0.6 is 22.6 Å². The second kappa shape index (κ2) is 3.82. The van der Waals surface area contributed by atoms with Gasteiger partial charge in [0.2, 0.25) is 0 Å². The molecular formula is C8H9IN2O2. The van der Waals surface area contributed by atoms with Gasteiger partial charge < -0.3 is 16.2 Å². The van der Waals surface area contributed by atoms with E-state index in [0.717, 1.165) is 3.57 Å². The molecule has 1 aromatic rings. The molecule has 1 amide bonds. The molecule has 5 heteroatoms. The Morgan fingerprint density at radius 3 is 2.62 bits per heavy atom. The predicted molar refractivity (Wildman–Crippen MR) is 58.6 cm³/mol. The highest BCUT2D eigenvalue weighted by Gasteiger charge is 2.11. The first-order valence-electron chi connectivity index (χ1n) is 3.49. The number of primary amides is 1. The molecule has 1 rings (SSSR count). The summed E-state index contributed by atoms with van der Waals surface area (Å²) in [4.78, 5) is 10.9. The molecule has 0 saturated heterocycles. The zero-order valence-corrected chi connectivity index (χ0v) is 9.16. The van der Waals surface area contributed by atoms with Gasteiger partial charge in [0.1, 0.15) is 5.75 Å². The molecule has 0 unspecified atom stereocenters. The van der Waals surface area contributed by atoms with E-state index in [2.05, 4.69) is 22.6 Å². The van der Waals surface area contributed by atoms with E-state index >= 15 is 0 Å². The van der Waals surface area contributed by atoms with Crippen LogP contribution in [0.1, 0.15) is 10.4 Å². The van der Waals surface area contributed by atoms with E-state index in [-0.39, 0.29) is 0 Å². The van der Waals surface area contributed by atoms with E-state index in [1.165, 1.54) is 13.2 Å². The number of ether oxygens (including phenoxy) is 1. The van der Waals surface area contributed by atoms with Crippen molar-refractivity contribution in [3.8, 4) is 5.75 Å². The van der Waals surface area contributed by atoms with Crippen molar-refractivity contribution in [1.82, 2.24) is 0 Å². The normalized spacial score (nSPS) is 9.69. The molecular weight excluding hydrogens is 283 g/mol. The molecule has 0 spiro atoms. The molecule has 0 radical (unpaired) electrons. The SMILES string of the molecule is COc1cc(I)c(N)cc1C(N)=O. The first-order chi connectivity index (χ1) is 6.06. The maximum atomic E-state index is 10.9. The number of benzene rings is 1. The highest BCUT2D eigenvalue weighted by Crippen LogP contribution is 2.25. The summed E-state index contributed by atoms with van der Waals surface area (Å²) in [6.45, 7) is 0. The summed E-state index contributed by atoms with van der Waals surface area (Å²) in [6, 6.07) is 3.19. The van der Waals surface area contributed by atoms with Crippen LogP contribution in [0, 0.1) is 3.57 Å². The Bertz CT molecular complexity index is 352. The van der Waals surface area contributed by atoms with Crippen LogP contribution in [0.4, 0.5) is 5.69 Å². The lowest BCUT2D eigenvalue weighted by atomic mass is 10.1. The van der Waals surface area contributed by atoms with Gasteiger partial charge in [-0.2, -0.15) is 0 Å². The van der Waals surface area contributed by atoms with Crippen LogP contribution in [0.25, 0.3) is 0 Å². The van der Waals surface area contributed by atoms with Crippen LogP contribution in [-0.4, -0.2) is 13.0 Å². The third-order valence-corrected chi connectivity index (χ3v) is 2.52. The van der Waals surface area contributed by atoms with Crippen molar-refractivity contribution in [1.29, 1.82) is 0 Å². The molecule has 0 aromatic heterocycles. The van der Waals surface area contributed by atoms with Gasteiger partial charge in [-0.25, -0.2) is 0 Å². The van der Waals surface area contributed by atoms with Gasteiger partial charge in [-0.3, -0.25) is 4.79 Å². The molecule has 0 heterocycles. The Morgan fingerprint density at radius 1 is 1.54 bits per heavy atom. The third kappa shape index (κ3) is 2.03. The highest BCUT2D eigenvalue weighted by atomic mass is 127. The summed E-state index contributed by atoms with van der Waals surface area (Å²) < 4.78 is 5.81. The molecule has 0 saturated carbocycles. The Morgan fingerprint density at radius 2 is 2.15 bits per heavy atom. The van der Waals surface area contributed by atoms with Crippen molar-refractivity contribution < 1.29 is 9.53 Å². The number of hydrogen-bond acceptors (Lipinski definition) is 3. The quantitative estimate of drug-likeness (QED) is 0.630. The van der Waals surface area contributed by atoms with Gasteiger partial charge in [0.25, 0.3) is 5.91 Å². The lowest BCUT2D eigenvalue weighted by Gasteiger charge is -2.07. The van der Waals surface area contributed by atoms with Crippen molar-refractivity contribution in [2.75, 3.05) is 12.8 Å². The lowest BCUT2D eigenvalue weighted by molar-refractivity contribution is 0.0997. The number of nitrogen functional groups attached to an aromatic ring is 1. The van der Waals surface area contributed by atoms with Gasteiger partial charge in [0.15, 0.2) is 0 Å². The van der Waals surface area contributed by atoms with Gasteiger partial charge in [-0.15, -0.1) is 0 Å². The first-order valence-corrected chi connectivity index (χ1v) is 4.57. The Balaban J connectivity index is 3.33. The molecule has 0 atom stereocenters. The van der Waals surface area contributed by atoms with E-state index in [9.17, 15) is 4.79 Å². The minimum atomic E-state index is -0.542. The summed E-state index contributed by atoms with van der Waals surface area (Å²) in [5, 5.41) is 0. The summed E-state index contributed by atoms with van der Waals surface area (Å²) in [6.07, 6.45) is 0. The zero-order valence-electron chi connectivity index (χ0n) is 7.00. The van der Waals surface area contributed by atoms with Crippen LogP contribution in [0.15, 0.2) is 12.1 Å². The van der Waals surface area contributed by atoms with Crippen LogP contribution in [0.5, 0.6) is 5.75 Å². The highest BCUT2D eigenvalue weighted by molar-refractivity contribution is 14.1. The molecule has 4 nitrogen and oxygen atoms in total. The molecule has 13 heavy (non-hydrogen) atoms. The largest absolute Gasteiger partial charge is 0.496 e. The van der Waals surface area contributed by atoms with Gasteiger partial charge >= 0.3 is 0 Å². The monoisotopic (exact) mass is 292 g/mol. The van der Waals surface area contributed by atoms with E-state index in [1.54, 1.807) is 6.07 Å². The van der Waals surface area contributed by atoms with Crippen molar-refractivity contribution >= 4 is 34.2 Å². The average molecular weight is 292 g/mol. The maximum Gasteiger partial charge on any atom is 0.252 e. The number of carbonyl (C=O) groups is 1. The lowest BCUT2D eigenvalue weighted by Crippen LogP contribution is -2.13. The van der Waals surface area contributed by atoms with Crippen LogP contribution in [-0.2, 0) is 0 Å². The number of amides is 1. The molecule has 0 aliphatic rings. The van der Waals surface area contributed by atoms with Crippen LogP contribution in [0.2, 0.25) is 0 Å². The molecule has 0 aliphatic heterocycles. The van der Waals surface area contributed by atoms with Crippen LogP contribution in [0.3, 0.4) is 0 Å². The molecule has 1 aromatic carbocycles. The Labute approximate surface area is 89.4 Å². The van der Waals surface area contributed by atoms with Crippen LogP contribution < -0.4 is 16.2 Å². The molecule has 4 N–H and O–H groups in total.